The SMILES string of the molecule is C=c1ccc2c(c1)Oc1cc(C)ccc1N=2. The molecule has 1 aliphatic heterocycles. The first-order valence-corrected chi connectivity index (χ1v) is 5.19. The highest BCUT2D eigenvalue weighted by atomic mass is 16.5. The van der Waals surface area contributed by atoms with Crippen LogP contribution in [0.15, 0.2) is 41.4 Å². The molecule has 0 aliphatic carbocycles. The molecule has 3 rings (SSSR count). The largest absolute Gasteiger partial charge is 0.453 e. The molecule has 78 valence electrons. The van der Waals surface area contributed by atoms with E-state index >= 15 is 0 Å². The smallest absolute Gasteiger partial charge is 0.153 e. The Labute approximate surface area is 93.5 Å². The van der Waals surface area contributed by atoms with Gasteiger partial charge in [0.1, 0.15) is 11.0 Å². The summed E-state index contributed by atoms with van der Waals surface area (Å²) in [7, 11) is 0. The number of fused-ring (bicyclic) bond motifs is 2. The van der Waals surface area contributed by atoms with Crippen molar-refractivity contribution in [1.29, 1.82) is 0 Å². The Morgan fingerprint density at radius 1 is 1.06 bits per heavy atom. The molecule has 0 spiro atoms. The van der Waals surface area contributed by atoms with Crippen LogP contribution in [-0.4, -0.2) is 0 Å². The van der Waals surface area contributed by atoms with E-state index in [0.29, 0.717) is 0 Å². The van der Waals surface area contributed by atoms with Crippen LogP contribution in [0.1, 0.15) is 5.56 Å². The number of rotatable bonds is 0. The monoisotopic (exact) mass is 209 g/mol. The minimum Gasteiger partial charge on any atom is -0.453 e. The number of ether oxygens (including phenoxy) is 1. The molecule has 0 saturated heterocycles. The highest BCUT2D eigenvalue weighted by Gasteiger charge is 2.11. The predicted octanol–water partition coefficient (Wildman–Crippen LogP) is 2.46. The summed E-state index contributed by atoms with van der Waals surface area (Å²) in [5.74, 6) is 1.60. The van der Waals surface area contributed by atoms with Crippen molar-refractivity contribution in [2.24, 2.45) is 4.99 Å². The van der Waals surface area contributed by atoms with E-state index in [0.717, 1.165) is 27.8 Å². The summed E-state index contributed by atoms with van der Waals surface area (Å²) < 4.78 is 5.81. The Balaban J connectivity index is 2.29. The Bertz CT molecular complexity index is 674. The predicted molar refractivity (Wildman–Crippen MR) is 63.7 cm³/mol. The third-order valence-corrected chi connectivity index (χ3v) is 2.60. The van der Waals surface area contributed by atoms with Gasteiger partial charge in [0.2, 0.25) is 0 Å². The standard InChI is InChI=1S/C14H11NO/c1-9-3-5-11-13(7-9)16-14-8-10(2)4-6-12(14)15-11/h3-8H,1H2,2H3. The second-order valence-corrected chi connectivity index (χ2v) is 3.99. The average Bonchev–Trinajstić information content (AvgIpc) is 2.26. The lowest BCUT2D eigenvalue weighted by atomic mass is 10.2. The van der Waals surface area contributed by atoms with Crippen molar-refractivity contribution in [2.45, 2.75) is 6.92 Å². The molecule has 2 aromatic carbocycles. The van der Waals surface area contributed by atoms with E-state index in [-0.39, 0.29) is 0 Å². The fourth-order valence-corrected chi connectivity index (χ4v) is 1.78. The van der Waals surface area contributed by atoms with Crippen LogP contribution in [0.25, 0.3) is 6.58 Å². The topological polar surface area (TPSA) is 21.6 Å². The second-order valence-electron chi connectivity index (χ2n) is 3.99. The molecule has 16 heavy (non-hydrogen) atoms. The van der Waals surface area contributed by atoms with Crippen LogP contribution >= 0.6 is 0 Å². The molecule has 0 unspecified atom stereocenters. The summed E-state index contributed by atoms with van der Waals surface area (Å²) in [4.78, 5) is 4.54. The molecule has 2 heteroatoms. The molecule has 0 amide bonds. The van der Waals surface area contributed by atoms with Crippen molar-refractivity contribution in [3.05, 3.63) is 52.5 Å². The number of aryl methyl sites for hydroxylation is 1. The van der Waals surface area contributed by atoms with Gasteiger partial charge in [-0.25, -0.2) is 4.99 Å². The van der Waals surface area contributed by atoms with Gasteiger partial charge in [-0.2, -0.15) is 0 Å². The van der Waals surface area contributed by atoms with Crippen LogP contribution in [0.5, 0.6) is 11.5 Å². The Morgan fingerprint density at radius 2 is 1.94 bits per heavy atom. The first-order chi connectivity index (χ1) is 7.72. The van der Waals surface area contributed by atoms with Crippen molar-refractivity contribution in [3.8, 4) is 11.5 Å². The second kappa shape index (κ2) is 3.20. The molecule has 1 heterocycles. The van der Waals surface area contributed by atoms with Gasteiger partial charge in [0.25, 0.3) is 0 Å². The maximum Gasteiger partial charge on any atom is 0.153 e. The molecule has 1 aliphatic rings. The van der Waals surface area contributed by atoms with Crippen LogP contribution in [-0.2, 0) is 0 Å². The summed E-state index contributed by atoms with van der Waals surface area (Å²) in [5.41, 5.74) is 2.05. The minimum absolute atomic E-state index is 0.783. The summed E-state index contributed by atoms with van der Waals surface area (Å²) in [5, 5.41) is 1.80. The van der Waals surface area contributed by atoms with Crippen LogP contribution in [0.4, 0.5) is 5.69 Å². The maximum absolute atomic E-state index is 5.81. The first-order valence-electron chi connectivity index (χ1n) is 5.19. The lowest BCUT2D eigenvalue weighted by Gasteiger charge is -2.14. The van der Waals surface area contributed by atoms with Gasteiger partial charge in [-0.1, -0.05) is 18.7 Å². The lowest BCUT2D eigenvalue weighted by molar-refractivity contribution is 0.469. The van der Waals surface area contributed by atoms with Gasteiger partial charge in [0.05, 0.1) is 0 Å². The van der Waals surface area contributed by atoms with E-state index in [9.17, 15) is 0 Å². The van der Waals surface area contributed by atoms with Gasteiger partial charge in [0.15, 0.2) is 11.5 Å². The molecule has 2 aromatic rings. The zero-order valence-corrected chi connectivity index (χ0v) is 9.03. The van der Waals surface area contributed by atoms with E-state index < -0.39 is 0 Å². The Hall–Kier alpha value is -2.09. The van der Waals surface area contributed by atoms with Crippen molar-refractivity contribution in [2.75, 3.05) is 0 Å². The number of benzene rings is 2. The van der Waals surface area contributed by atoms with Crippen molar-refractivity contribution in [3.63, 3.8) is 0 Å². The van der Waals surface area contributed by atoms with Crippen molar-refractivity contribution >= 4 is 12.3 Å². The lowest BCUT2D eigenvalue weighted by Crippen LogP contribution is -2.13. The zero-order valence-electron chi connectivity index (χ0n) is 9.03. The molecular weight excluding hydrogens is 198 g/mol. The zero-order chi connectivity index (χ0) is 11.1. The molecule has 0 N–H and O–H groups in total. The van der Waals surface area contributed by atoms with E-state index in [1.165, 1.54) is 5.56 Å². The van der Waals surface area contributed by atoms with E-state index in [1.54, 1.807) is 0 Å². The van der Waals surface area contributed by atoms with Gasteiger partial charge in [-0.05, 0) is 42.0 Å². The quantitative estimate of drug-likeness (QED) is 0.557. The first kappa shape index (κ1) is 9.16. The van der Waals surface area contributed by atoms with Gasteiger partial charge < -0.3 is 4.74 Å². The molecule has 0 saturated carbocycles. The number of hydrogen-bond donors (Lipinski definition) is 0. The van der Waals surface area contributed by atoms with Crippen molar-refractivity contribution < 1.29 is 4.74 Å². The highest BCUT2D eigenvalue weighted by molar-refractivity contribution is 5.57. The molecule has 0 bridgehead atoms. The Kier molecular flexibility index (Phi) is 1.83. The summed E-state index contributed by atoms with van der Waals surface area (Å²) in [6, 6.07) is 11.8. The highest BCUT2D eigenvalue weighted by Crippen LogP contribution is 2.33. The van der Waals surface area contributed by atoms with E-state index in [4.69, 9.17) is 4.74 Å². The molecule has 0 fully saturated rings. The van der Waals surface area contributed by atoms with Gasteiger partial charge >= 0.3 is 0 Å². The minimum atomic E-state index is 0.783. The normalized spacial score (nSPS) is 12.1. The van der Waals surface area contributed by atoms with Crippen LogP contribution in [0.3, 0.4) is 0 Å². The van der Waals surface area contributed by atoms with E-state index in [2.05, 4.69) is 11.6 Å². The van der Waals surface area contributed by atoms with Gasteiger partial charge in [-0.3, -0.25) is 0 Å². The molecule has 0 radical (unpaired) electrons. The van der Waals surface area contributed by atoms with Gasteiger partial charge in [-0.15, -0.1) is 0 Å². The van der Waals surface area contributed by atoms with Crippen LogP contribution in [0, 0.1) is 6.92 Å². The molecule has 0 atom stereocenters. The fourth-order valence-electron chi connectivity index (χ4n) is 1.78. The van der Waals surface area contributed by atoms with Crippen LogP contribution < -0.4 is 15.3 Å². The van der Waals surface area contributed by atoms with Crippen LogP contribution in [0.2, 0.25) is 0 Å². The molecule has 0 aromatic heterocycles. The van der Waals surface area contributed by atoms with Crippen molar-refractivity contribution in [1.82, 2.24) is 0 Å². The third kappa shape index (κ3) is 1.39. The molecular formula is C14H11NO. The summed E-state index contributed by atoms with van der Waals surface area (Å²) >= 11 is 0. The fraction of sp³-hybridized carbons (Fsp3) is 0.0714. The Morgan fingerprint density at radius 3 is 2.81 bits per heavy atom. The third-order valence-electron chi connectivity index (χ3n) is 2.60. The maximum atomic E-state index is 5.81. The number of nitrogens with zero attached hydrogens (tertiary/aromatic N) is 1. The number of hydrogen-bond acceptors (Lipinski definition) is 2. The summed E-state index contributed by atoms with van der Waals surface area (Å²) in [6.07, 6.45) is 0. The molecule has 2 nitrogen and oxygen atoms in total. The van der Waals surface area contributed by atoms with Gasteiger partial charge in [0, 0.05) is 0 Å². The summed E-state index contributed by atoms with van der Waals surface area (Å²) in [6.45, 7) is 5.92. The van der Waals surface area contributed by atoms with E-state index in [1.807, 2.05) is 43.3 Å². The average molecular weight is 209 g/mol.